The first-order valence-electron chi connectivity index (χ1n) is 7.03. The molecule has 7 nitrogen and oxygen atoms in total. The van der Waals surface area contributed by atoms with Crippen LogP contribution >= 0.6 is 15.9 Å². The summed E-state index contributed by atoms with van der Waals surface area (Å²) < 4.78 is 6.62. The monoisotopic (exact) mass is 393 g/mol. The van der Waals surface area contributed by atoms with Crippen molar-refractivity contribution in [1.29, 1.82) is 0 Å². The Morgan fingerprint density at radius 3 is 2.17 bits per heavy atom. The number of nitrogens with one attached hydrogen (secondary N) is 1. The molecule has 0 fully saturated rings. The maximum absolute atomic E-state index is 11.9. The number of hydroxylamine groups is 2. The first-order valence-corrected chi connectivity index (χ1v) is 7.82. The number of amides is 3. The molecule has 0 heterocycles. The van der Waals surface area contributed by atoms with Gasteiger partial charge in [-0.15, -0.1) is 0 Å². The zero-order valence-corrected chi connectivity index (χ0v) is 14.2. The number of carbonyl (C=O) groups excluding carboxylic acids is 2. The number of carbonyl (C=O) groups is 2. The first kappa shape index (κ1) is 17.8. The summed E-state index contributed by atoms with van der Waals surface area (Å²) in [5.74, 6) is 0.956. The van der Waals surface area contributed by atoms with E-state index in [4.69, 9.17) is 15.7 Å². The SMILES string of the molecule is NC(=O)N(O)CCNC(=O)c1ccc(Oc2ccc(Br)cc2)cc1. The fourth-order valence-electron chi connectivity index (χ4n) is 1.80. The van der Waals surface area contributed by atoms with Crippen molar-refractivity contribution in [2.75, 3.05) is 13.1 Å². The van der Waals surface area contributed by atoms with Crippen LogP contribution in [0.5, 0.6) is 11.5 Å². The molecule has 0 aliphatic carbocycles. The lowest BCUT2D eigenvalue weighted by Gasteiger charge is -2.12. The molecule has 4 N–H and O–H groups in total. The van der Waals surface area contributed by atoms with Gasteiger partial charge in [-0.2, -0.15) is 0 Å². The van der Waals surface area contributed by atoms with Crippen molar-refractivity contribution in [2.24, 2.45) is 5.73 Å². The van der Waals surface area contributed by atoms with Gasteiger partial charge in [-0.1, -0.05) is 15.9 Å². The number of halogens is 1. The van der Waals surface area contributed by atoms with E-state index >= 15 is 0 Å². The number of rotatable bonds is 6. The highest BCUT2D eigenvalue weighted by Gasteiger charge is 2.08. The van der Waals surface area contributed by atoms with E-state index in [0.29, 0.717) is 22.1 Å². The summed E-state index contributed by atoms with van der Waals surface area (Å²) in [6, 6.07) is 13.0. The Balaban J connectivity index is 1.87. The molecule has 2 aromatic rings. The minimum absolute atomic E-state index is 0.0788. The molecule has 0 saturated heterocycles. The molecular formula is C16H16BrN3O4. The van der Waals surface area contributed by atoms with Crippen LogP contribution in [0.3, 0.4) is 0 Å². The van der Waals surface area contributed by atoms with E-state index in [1.54, 1.807) is 24.3 Å². The number of hydrogen-bond donors (Lipinski definition) is 3. The molecule has 3 amide bonds. The summed E-state index contributed by atoms with van der Waals surface area (Å²) in [4.78, 5) is 22.5. The summed E-state index contributed by atoms with van der Waals surface area (Å²) in [7, 11) is 0. The largest absolute Gasteiger partial charge is 0.457 e. The molecule has 8 heteroatoms. The quantitative estimate of drug-likeness (QED) is 0.518. The van der Waals surface area contributed by atoms with E-state index in [2.05, 4.69) is 21.2 Å². The number of urea groups is 1. The summed E-state index contributed by atoms with van der Waals surface area (Å²) >= 11 is 3.35. The maximum Gasteiger partial charge on any atom is 0.338 e. The van der Waals surface area contributed by atoms with Gasteiger partial charge in [0.15, 0.2) is 0 Å². The maximum atomic E-state index is 11.9. The molecule has 2 aromatic carbocycles. The minimum atomic E-state index is -0.973. The molecule has 0 radical (unpaired) electrons. The van der Waals surface area contributed by atoms with Crippen molar-refractivity contribution in [1.82, 2.24) is 10.4 Å². The molecule has 24 heavy (non-hydrogen) atoms. The highest BCUT2D eigenvalue weighted by atomic mass is 79.9. The second-order valence-electron chi connectivity index (χ2n) is 4.80. The molecule has 0 aliphatic heterocycles. The fraction of sp³-hybridized carbons (Fsp3) is 0.125. The highest BCUT2D eigenvalue weighted by Crippen LogP contribution is 2.23. The van der Waals surface area contributed by atoms with Gasteiger partial charge in [0.05, 0.1) is 6.54 Å². The lowest BCUT2D eigenvalue weighted by Crippen LogP contribution is -2.39. The van der Waals surface area contributed by atoms with Crippen LogP contribution in [0.2, 0.25) is 0 Å². The van der Waals surface area contributed by atoms with Gasteiger partial charge >= 0.3 is 6.03 Å². The molecule has 0 bridgehead atoms. The van der Waals surface area contributed by atoms with Gasteiger partial charge in [-0.05, 0) is 48.5 Å². The molecule has 0 saturated carbocycles. The van der Waals surface area contributed by atoms with E-state index in [1.807, 2.05) is 24.3 Å². The molecule has 0 unspecified atom stereocenters. The van der Waals surface area contributed by atoms with Crippen LogP contribution in [0.25, 0.3) is 0 Å². The summed E-state index contributed by atoms with van der Waals surface area (Å²) in [6.45, 7) is -0.0126. The molecule has 2 rings (SSSR count). The summed E-state index contributed by atoms with van der Waals surface area (Å²) in [5.41, 5.74) is 5.29. The zero-order valence-electron chi connectivity index (χ0n) is 12.6. The molecular weight excluding hydrogens is 378 g/mol. The van der Waals surface area contributed by atoms with E-state index in [9.17, 15) is 9.59 Å². The third kappa shape index (κ3) is 5.25. The molecule has 0 spiro atoms. The smallest absolute Gasteiger partial charge is 0.338 e. The second-order valence-corrected chi connectivity index (χ2v) is 5.71. The van der Waals surface area contributed by atoms with Crippen LogP contribution in [0.4, 0.5) is 4.79 Å². The highest BCUT2D eigenvalue weighted by molar-refractivity contribution is 9.10. The van der Waals surface area contributed by atoms with Crippen molar-refractivity contribution in [2.45, 2.75) is 0 Å². The molecule has 0 aromatic heterocycles. The second kappa shape index (κ2) is 8.32. The minimum Gasteiger partial charge on any atom is -0.457 e. The van der Waals surface area contributed by atoms with Gasteiger partial charge in [-0.3, -0.25) is 10.0 Å². The van der Waals surface area contributed by atoms with Gasteiger partial charge in [0.25, 0.3) is 5.91 Å². The Morgan fingerprint density at radius 2 is 1.62 bits per heavy atom. The average Bonchev–Trinajstić information content (AvgIpc) is 2.57. The molecule has 0 aliphatic rings. The van der Waals surface area contributed by atoms with E-state index in [0.717, 1.165) is 4.47 Å². The number of ether oxygens (including phenoxy) is 1. The first-order chi connectivity index (χ1) is 11.5. The van der Waals surface area contributed by atoms with Gasteiger partial charge in [-0.25, -0.2) is 9.86 Å². The average molecular weight is 394 g/mol. The Bertz CT molecular complexity index is 704. The topological polar surface area (TPSA) is 105 Å². The Morgan fingerprint density at radius 1 is 1.08 bits per heavy atom. The summed E-state index contributed by atoms with van der Waals surface area (Å²) in [6.07, 6.45) is 0. The predicted molar refractivity (Wildman–Crippen MR) is 91.1 cm³/mol. The fourth-order valence-corrected chi connectivity index (χ4v) is 2.06. The van der Waals surface area contributed by atoms with Crippen molar-refractivity contribution in [3.8, 4) is 11.5 Å². The normalized spacial score (nSPS) is 10.1. The van der Waals surface area contributed by atoms with E-state index < -0.39 is 6.03 Å². The van der Waals surface area contributed by atoms with E-state index in [1.165, 1.54) is 0 Å². The van der Waals surface area contributed by atoms with Gasteiger partial charge in [0, 0.05) is 16.6 Å². The van der Waals surface area contributed by atoms with Crippen LogP contribution < -0.4 is 15.8 Å². The Labute approximate surface area is 147 Å². The lowest BCUT2D eigenvalue weighted by atomic mass is 10.2. The third-order valence-corrected chi connectivity index (χ3v) is 3.56. The van der Waals surface area contributed by atoms with Gasteiger partial charge < -0.3 is 15.8 Å². The number of primary amides is 1. The van der Waals surface area contributed by atoms with Crippen LogP contribution in [0.15, 0.2) is 53.0 Å². The van der Waals surface area contributed by atoms with Gasteiger partial charge in [0.1, 0.15) is 11.5 Å². The predicted octanol–water partition coefficient (Wildman–Crippen LogP) is 2.74. The van der Waals surface area contributed by atoms with Crippen molar-refractivity contribution in [3.63, 3.8) is 0 Å². The third-order valence-electron chi connectivity index (χ3n) is 3.03. The number of nitrogens with two attached hydrogens (primary N) is 1. The van der Waals surface area contributed by atoms with Crippen LogP contribution in [-0.4, -0.2) is 35.3 Å². The van der Waals surface area contributed by atoms with Crippen molar-refractivity contribution in [3.05, 3.63) is 58.6 Å². The van der Waals surface area contributed by atoms with Crippen molar-refractivity contribution < 1.29 is 19.5 Å². The summed E-state index contributed by atoms with van der Waals surface area (Å²) in [5, 5.41) is 12.0. The lowest BCUT2D eigenvalue weighted by molar-refractivity contribution is -0.0376. The van der Waals surface area contributed by atoms with E-state index in [-0.39, 0.29) is 19.0 Å². The molecule has 126 valence electrons. The number of benzene rings is 2. The zero-order chi connectivity index (χ0) is 17.5. The Hall–Kier alpha value is -2.58. The standard InChI is InChI=1S/C16H16BrN3O4/c17-12-3-7-14(8-4-12)24-13-5-1-11(2-6-13)15(21)19-9-10-20(23)16(18)22/h1-8,23H,9-10H2,(H2,18,22)(H,19,21). The number of hydrogen-bond acceptors (Lipinski definition) is 4. The van der Waals surface area contributed by atoms with Crippen LogP contribution in [0.1, 0.15) is 10.4 Å². The Kier molecular flexibility index (Phi) is 6.16. The van der Waals surface area contributed by atoms with Crippen molar-refractivity contribution >= 4 is 27.9 Å². The van der Waals surface area contributed by atoms with Gasteiger partial charge in [0.2, 0.25) is 0 Å². The number of nitrogens with zero attached hydrogens (tertiary/aromatic N) is 1. The van der Waals surface area contributed by atoms with Crippen LogP contribution in [-0.2, 0) is 0 Å². The van der Waals surface area contributed by atoms with Crippen LogP contribution in [0, 0.1) is 0 Å². The molecule has 0 atom stereocenters.